The van der Waals surface area contributed by atoms with Crippen molar-refractivity contribution in [1.29, 1.82) is 0 Å². The average molecular weight is 289 g/mol. The summed E-state index contributed by atoms with van der Waals surface area (Å²) in [6, 6.07) is 0.632. The lowest BCUT2D eigenvalue weighted by molar-refractivity contribution is -0.114. The molecule has 0 saturated carbocycles. The molecule has 6 nitrogen and oxygen atoms in total. The number of aromatic nitrogens is 2. The molecule has 2 saturated heterocycles. The van der Waals surface area contributed by atoms with Crippen LogP contribution < -0.4 is 10.2 Å². The van der Waals surface area contributed by atoms with Gasteiger partial charge in [0.2, 0.25) is 5.91 Å². The quantitative estimate of drug-likeness (QED) is 0.913. The Bertz CT molecular complexity index is 501. The van der Waals surface area contributed by atoms with Gasteiger partial charge in [0.05, 0.1) is 12.4 Å². The molecular weight excluding hydrogens is 266 g/mol. The molecule has 2 aliphatic rings. The second-order valence-corrected chi connectivity index (χ2v) is 5.93. The number of hydrogen-bond donors (Lipinski definition) is 1. The summed E-state index contributed by atoms with van der Waals surface area (Å²) in [6.45, 7) is 5.98. The standard InChI is InChI=1S/C15H23N5O/c1-12(21)17-14-9-16-10-15(18-14)20-8-4-5-13(11-20)19-6-2-3-7-19/h9-10,13H,2-8,11H2,1H3,(H,17,18,21). The van der Waals surface area contributed by atoms with E-state index in [1.165, 1.54) is 45.7 Å². The number of likely N-dealkylation sites (tertiary alicyclic amines) is 1. The topological polar surface area (TPSA) is 61.4 Å². The van der Waals surface area contributed by atoms with Crippen molar-refractivity contribution in [2.24, 2.45) is 0 Å². The van der Waals surface area contributed by atoms with Crippen LogP contribution in [0.15, 0.2) is 12.4 Å². The van der Waals surface area contributed by atoms with E-state index in [2.05, 4.69) is 25.1 Å². The summed E-state index contributed by atoms with van der Waals surface area (Å²) in [7, 11) is 0. The van der Waals surface area contributed by atoms with E-state index in [0.717, 1.165) is 18.9 Å². The van der Waals surface area contributed by atoms with E-state index >= 15 is 0 Å². The van der Waals surface area contributed by atoms with Crippen LogP contribution in [-0.2, 0) is 4.79 Å². The lowest BCUT2D eigenvalue weighted by Gasteiger charge is -2.38. The van der Waals surface area contributed by atoms with Crippen LogP contribution in [-0.4, -0.2) is 53.0 Å². The van der Waals surface area contributed by atoms with Crippen molar-refractivity contribution in [3.63, 3.8) is 0 Å². The van der Waals surface area contributed by atoms with E-state index in [-0.39, 0.29) is 5.91 Å². The third-order valence-electron chi connectivity index (χ3n) is 4.30. The van der Waals surface area contributed by atoms with Crippen LogP contribution in [0.25, 0.3) is 0 Å². The number of rotatable bonds is 3. The Morgan fingerprint density at radius 1 is 1.24 bits per heavy atom. The van der Waals surface area contributed by atoms with E-state index in [1.807, 2.05) is 0 Å². The van der Waals surface area contributed by atoms with Gasteiger partial charge in [0.1, 0.15) is 5.82 Å². The summed E-state index contributed by atoms with van der Waals surface area (Å²) in [6.07, 6.45) is 8.50. The van der Waals surface area contributed by atoms with E-state index < -0.39 is 0 Å². The van der Waals surface area contributed by atoms with E-state index in [9.17, 15) is 4.79 Å². The van der Waals surface area contributed by atoms with Gasteiger partial charge in [0, 0.05) is 26.1 Å². The highest BCUT2D eigenvalue weighted by Gasteiger charge is 2.27. The second kappa shape index (κ2) is 6.39. The minimum Gasteiger partial charge on any atom is -0.354 e. The normalized spacial score (nSPS) is 23.3. The number of nitrogens with zero attached hydrogens (tertiary/aromatic N) is 4. The van der Waals surface area contributed by atoms with Gasteiger partial charge in [0.15, 0.2) is 5.82 Å². The molecule has 0 radical (unpaired) electrons. The van der Waals surface area contributed by atoms with Crippen molar-refractivity contribution >= 4 is 17.5 Å². The summed E-state index contributed by atoms with van der Waals surface area (Å²) < 4.78 is 0. The van der Waals surface area contributed by atoms with Gasteiger partial charge in [-0.1, -0.05) is 0 Å². The van der Waals surface area contributed by atoms with Crippen LogP contribution in [0, 0.1) is 0 Å². The van der Waals surface area contributed by atoms with Gasteiger partial charge in [-0.15, -0.1) is 0 Å². The molecule has 114 valence electrons. The predicted octanol–water partition coefficient (Wildman–Crippen LogP) is 1.50. The van der Waals surface area contributed by atoms with Crippen molar-refractivity contribution in [2.45, 2.75) is 38.6 Å². The monoisotopic (exact) mass is 289 g/mol. The molecule has 0 bridgehead atoms. The molecule has 1 atom stereocenters. The Hall–Kier alpha value is -1.69. The molecule has 6 heteroatoms. The summed E-state index contributed by atoms with van der Waals surface area (Å²) in [5.74, 6) is 1.28. The van der Waals surface area contributed by atoms with Gasteiger partial charge >= 0.3 is 0 Å². The van der Waals surface area contributed by atoms with Gasteiger partial charge < -0.3 is 10.2 Å². The Labute approximate surface area is 125 Å². The number of hydrogen-bond acceptors (Lipinski definition) is 5. The van der Waals surface area contributed by atoms with Crippen LogP contribution in [0.1, 0.15) is 32.6 Å². The smallest absolute Gasteiger partial charge is 0.222 e. The van der Waals surface area contributed by atoms with Gasteiger partial charge in [-0.2, -0.15) is 0 Å². The first-order valence-corrected chi connectivity index (χ1v) is 7.81. The maximum Gasteiger partial charge on any atom is 0.222 e. The average Bonchev–Trinajstić information content (AvgIpc) is 3.01. The third kappa shape index (κ3) is 3.50. The second-order valence-electron chi connectivity index (χ2n) is 5.93. The third-order valence-corrected chi connectivity index (χ3v) is 4.30. The first kappa shape index (κ1) is 14.3. The van der Waals surface area contributed by atoms with Crippen molar-refractivity contribution in [2.75, 3.05) is 36.4 Å². The van der Waals surface area contributed by atoms with Crippen LogP contribution >= 0.6 is 0 Å². The molecule has 1 N–H and O–H groups in total. The van der Waals surface area contributed by atoms with E-state index in [1.54, 1.807) is 12.4 Å². The molecule has 2 fully saturated rings. The maximum atomic E-state index is 11.1. The largest absolute Gasteiger partial charge is 0.354 e. The van der Waals surface area contributed by atoms with Crippen molar-refractivity contribution in [3.05, 3.63) is 12.4 Å². The molecular formula is C15H23N5O. The molecule has 1 unspecified atom stereocenters. The van der Waals surface area contributed by atoms with Crippen LogP contribution in [0.3, 0.4) is 0 Å². The van der Waals surface area contributed by atoms with Crippen LogP contribution in [0.5, 0.6) is 0 Å². The maximum absolute atomic E-state index is 11.1. The summed E-state index contributed by atoms with van der Waals surface area (Å²) in [4.78, 5) is 24.7. The zero-order valence-electron chi connectivity index (χ0n) is 12.6. The Balaban J connectivity index is 1.69. The number of carbonyl (C=O) groups is 1. The Morgan fingerprint density at radius 3 is 2.81 bits per heavy atom. The molecule has 0 aromatic carbocycles. The zero-order chi connectivity index (χ0) is 14.7. The summed E-state index contributed by atoms with van der Waals surface area (Å²) in [5.41, 5.74) is 0. The number of anilines is 2. The molecule has 2 aliphatic heterocycles. The minimum atomic E-state index is -0.116. The molecule has 1 aromatic rings. The molecule has 21 heavy (non-hydrogen) atoms. The van der Waals surface area contributed by atoms with Crippen molar-refractivity contribution in [3.8, 4) is 0 Å². The highest BCUT2D eigenvalue weighted by Crippen LogP contribution is 2.23. The van der Waals surface area contributed by atoms with Gasteiger partial charge in [-0.3, -0.25) is 14.7 Å². The SMILES string of the molecule is CC(=O)Nc1cncc(N2CCCC(N3CCCC3)C2)n1. The van der Waals surface area contributed by atoms with Gasteiger partial charge in [-0.05, 0) is 38.8 Å². The lowest BCUT2D eigenvalue weighted by atomic mass is 10.0. The number of nitrogens with one attached hydrogen (secondary N) is 1. The van der Waals surface area contributed by atoms with E-state index in [4.69, 9.17) is 0 Å². The van der Waals surface area contributed by atoms with Crippen LogP contribution in [0.2, 0.25) is 0 Å². The van der Waals surface area contributed by atoms with Crippen molar-refractivity contribution < 1.29 is 4.79 Å². The lowest BCUT2D eigenvalue weighted by Crippen LogP contribution is -2.47. The minimum absolute atomic E-state index is 0.116. The highest BCUT2D eigenvalue weighted by atomic mass is 16.1. The summed E-state index contributed by atoms with van der Waals surface area (Å²) >= 11 is 0. The molecule has 0 spiro atoms. The summed E-state index contributed by atoms with van der Waals surface area (Å²) in [5, 5.41) is 2.70. The Kier molecular flexibility index (Phi) is 4.34. The van der Waals surface area contributed by atoms with Gasteiger partial charge in [-0.25, -0.2) is 4.98 Å². The number of carbonyl (C=O) groups excluding carboxylic acids is 1. The van der Waals surface area contributed by atoms with Gasteiger partial charge in [0.25, 0.3) is 0 Å². The fourth-order valence-electron chi connectivity index (χ4n) is 3.32. The molecule has 3 rings (SSSR count). The van der Waals surface area contributed by atoms with Crippen molar-refractivity contribution in [1.82, 2.24) is 14.9 Å². The Morgan fingerprint density at radius 2 is 2.05 bits per heavy atom. The zero-order valence-corrected chi connectivity index (χ0v) is 12.6. The highest BCUT2D eigenvalue weighted by molar-refractivity contribution is 5.87. The molecule has 3 heterocycles. The molecule has 1 aromatic heterocycles. The number of amides is 1. The molecule has 1 amide bonds. The predicted molar refractivity (Wildman–Crippen MR) is 82.4 cm³/mol. The first-order chi connectivity index (χ1) is 10.2. The van der Waals surface area contributed by atoms with E-state index in [0.29, 0.717) is 11.9 Å². The molecule has 0 aliphatic carbocycles. The fraction of sp³-hybridized carbons (Fsp3) is 0.667. The number of piperidine rings is 1. The van der Waals surface area contributed by atoms with Crippen LogP contribution in [0.4, 0.5) is 11.6 Å². The fourth-order valence-corrected chi connectivity index (χ4v) is 3.32. The first-order valence-electron chi connectivity index (χ1n) is 7.81.